The van der Waals surface area contributed by atoms with Crippen molar-refractivity contribution in [1.29, 1.82) is 0 Å². The van der Waals surface area contributed by atoms with E-state index in [0.717, 1.165) is 0 Å². The number of Topliss-reactive ketones (excluding diaryl/α,β-unsaturated/α-hetero) is 1. The average Bonchev–Trinajstić information content (AvgIpc) is 2.37. The minimum absolute atomic E-state index is 0.0286. The van der Waals surface area contributed by atoms with Gasteiger partial charge in [-0.15, -0.1) is 11.8 Å². The maximum atomic E-state index is 11.8. The van der Waals surface area contributed by atoms with E-state index in [1.165, 1.54) is 17.8 Å². The normalized spacial score (nSPS) is 15.4. The Bertz CT molecular complexity index is 596. The van der Waals surface area contributed by atoms with Crippen LogP contribution in [0.25, 0.3) is 0 Å². The Balaban J connectivity index is 2.48. The average molecular weight is 280 g/mol. The quantitative estimate of drug-likeness (QED) is 0.717. The molecule has 0 saturated heterocycles. The molecule has 2 rings (SSSR count). The number of aromatic hydroxyl groups is 1. The molecule has 19 heavy (non-hydrogen) atoms. The van der Waals surface area contributed by atoms with Gasteiger partial charge in [0, 0.05) is 16.2 Å². The first-order chi connectivity index (χ1) is 8.90. The van der Waals surface area contributed by atoms with E-state index in [-0.39, 0.29) is 28.7 Å². The maximum Gasteiger partial charge on any atom is 0.351 e. The highest BCUT2D eigenvalue weighted by atomic mass is 32.2. The Morgan fingerprint density at radius 3 is 2.74 bits per heavy atom. The molecule has 1 aromatic carbocycles. The van der Waals surface area contributed by atoms with Gasteiger partial charge in [0.2, 0.25) is 0 Å². The number of fused-ring (bicyclic) bond motifs is 1. The summed E-state index contributed by atoms with van der Waals surface area (Å²) in [6, 6.07) is 2.18. The molecule has 0 spiro atoms. The van der Waals surface area contributed by atoms with E-state index in [1.54, 1.807) is 13.0 Å². The van der Waals surface area contributed by atoms with Gasteiger partial charge >= 0.3 is 5.97 Å². The summed E-state index contributed by atoms with van der Waals surface area (Å²) < 4.78 is 0. The van der Waals surface area contributed by atoms with Crippen molar-refractivity contribution in [3.63, 3.8) is 0 Å². The highest BCUT2D eigenvalue weighted by molar-refractivity contribution is 8.00. The van der Waals surface area contributed by atoms with Crippen LogP contribution >= 0.6 is 11.8 Å². The van der Waals surface area contributed by atoms with Crippen molar-refractivity contribution < 1.29 is 19.8 Å². The predicted octanol–water partition coefficient (Wildman–Crippen LogP) is 1.18. The Morgan fingerprint density at radius 1 is 1.47 bits per heavy atom. The third-order valence-electron chi connectivity index (χ3n) is 2.61. The lowest BCUT2D eigenvalue weighted by Crippen LogP contribution is -2.26. The standard InChI is InChI=1S/C12H12N2O4S/c1-5(13)11(16)6-2-8(15)10-9(3-6)19-4-7(14-10)12(17)18/h2-3,5,15H,4,13H2,1H3,(H,17,18)/t5-/m0/s1. The molecular weight excluding hydrogens is 268 g/mol. The summed E-state index contributed by atoms with van der Waals surface area (Å²) in [7, 11) is 0. The topological polar surface area (TPSA) is 113 Å². The van der Waals surface area contributed by atoms with E-state index in [0.29, 0.717) is 10.5 Å². The number of hydrogen-bond donors (Lipinski definition) is 3. The molecule has 100 valence electrons. The molecule has 1 aromatic rings. The lowest BCUT2D eigenvalue weighted by molar-refractivity contribution is -0.129. The van der Waals surface area contributed by atoms with Crippen molar-refractivity contribution >= 4 is 34.9 Å². The smallest absolute Gasteiger partial charge is 0.351 e. The van der Waals surface area contributed by atoms with Gasteiger partial charge in [-0.2, -0.15) is 0 Å². The van der Waals surface area contributed by atoms with Crippen LogP contribution in [0.3, 0.4) is 0 Å². The summed E-state index contributed by atoms with van der Waals surface area (Å²) in [5, 5.41) is 18.7. The van der Waals surface area contributed by atoms with Crippen LogP contribution in [-0.2, 0) is 4.79 Å². The van der Waals surface area contributed by atoms with Gasteiger partial charge in [-0.05, 0) is 19.1 Å². The van der Waals surface area contributed by atoms with E-state index in [2.05, 4.69) is 4.99 Å². The number of thioether (sulfide) groups is 1. The fraction of sp³-hybridized carbons (Fsp3) is 0.250. The number of aliphatic carboxylic acids is 1. The summed E-state index contributed by atoms with van der Waals surface area (Å²) in [6.45, 7) is 1.56. The number of carbonyl (C=O) groups is 2. The highest BCUT2D eigenvalue weighted by Crippen LogP contribution is 2.41. The van der Waals surface area contributed by atoms with E-state index in [9.17, 15) is 14.7 Å². The molecule has 7 heteroatoms. The number of ketones is 1. The molecular formula is C12H12N2O4S. The van der Waals surface area contributed by atoms with Crippen LogP contribution in [0.15, 0.2) is 22.0 Å². The Hall–Kier alpha value is -1.86. The Labute approximate surface area is 113 Å². The van der Waals surface area contributed by atoms with Gasteiger partial charge in [0.25, 0.3) is 0 Å². The minimum Gasteiger partial charge on any atom is -0.506 e. The van der Waals surface area contributed by atoms with Crippen LogP contribution in [-0.4, -0.2) is 39.5 Å². The van der Waals surface area contributed by atoms with Gasteiger partial charge in [-0.25, -0.2) is 9.79 Å². The number of carbonyl (C=O) groups excluding carboxylic acids is 1. The minimum atomic E-state index is -1.12. The molecule has 0 aromatic heterocycles. The molecule has 0 unspecified atom stereocenters. The summed E-state index contributed by atoms with van der Waals surface area (Å²) >= 11 is 1.22. The van der Waals surface area contributed by atoms with Crippen molar-refractivity contribution in [3.8, 4) is 5.75 Å². The van der Waals surface area contributed by atoms with Gasteiger partial charge in [0.05, 0.1) is 6.04 Å². The van der Waals surface area contributed by atoms with Gasteiger partial charge in [0.15, 0.2) is 5.78 Å². The van der Waals surface area contributed by atoms with E-state index in [1.807, 2.05) is 0 Å². The van der Waals surface area contributed by atoms with E-state index >= 15 is 0 Å². The second kappa shape index (κ2) is 5.02. The first kappa shape index (κ1) is 13.6. The number of benzene rings is 1. The van der Waals surface area contributed by atoms with Crippen LogP contribution in [0.1, 0.15) is 17.3 Å². The Kier molecular flexibility index (Phi) is 3.59. The van der Waals surface area contributed by atoms with Crippen molar-refractivity contribution in [3.05, 3.63) is 17.7 Å². The second-order valence-electron chi connectivity index (χ2n) is 4.15. The van der Waals surface area contributed by atoms with Crippen LogP contribution < -0.4 is 5.73 Å². The highest BCUT2D eigenvalue weighted by Gasteiger charge is 2.23. The molecule has 0 fully saturated rings. The third-order valence-corrected chi connectivity index (χ3v) is 3.65. The number of hydrogen-bond acceptors (Lipinski definition) is 6. The van der Waals surface area contributed by atoms with Crippen LogP contribution in [0.2, 0.25) is 0 Å². The summed E-state index contributed by atoms with van der Waals surface area (Å²) in [5.74, 6) is -1.43. The van der Waals surface area contributed by atoms with Gasteiger partial charge in [0.1, 0.15) is 17.1 Å². The number of nitrogens with two attached hydrogens (primary N) is 1. The third kappa shape index (κ3) is 2.61. The molecule has 0 aliphatic carbocycles. The fourth-order valence-electron chi connectivity index (χ4n) is 1.64. The van der Waals surface area contributed by atoms with Crippen molar-refractivity contribution in [2.75, 3.05) is 5.75 Å². The number of phenols is 1. The van der Waals surface area contributed by atoms with Gasteiger partial charge in [-0.3, -0.25) is 4.79 Å². The zero-order valence-electron chi connectivity index (χ0n) is 10.1. The molecule has 6 nitrogen and oxygen atoms in total. The number of carboxylic acids is 1. The molecule has 0 saturated carbocycles. The van der Waals surface area contributed by atoms with Crippen molar-refractivity contribution in [2.24, 2.45) is 10.7 Å². The number of phenolic OH excluding ortho intramolecular Hbond substituents is 1. The summed E-state index contributed by atoms with van der Waals surface area (Å²) in [4.78, 5) is 27.1. The molecule has 1 aliphatic heterocycles. The molecule has 1 aliphatic rings. The van der Waals surface area contributed by atoms with Gasteiger partial charge < -0.3 is 15.9 Å². The molecule has 4 N–H and O–H groups in total. The first-order valence-corrected chi connectivity index (χ1v) is 6.49. The zero-order valence-corrected chi connectivity index (χ0v) is 10.9. The molecule has 1 atom stereocenters. The lowest BCUT2D eigenvalue weighted by Gasteiger charge is -2.15. The lowest BCUT2D eigenvalue weighted by atomic mass is 10.0. The monoisotopic (exact) mass is 280 g/mol. The summed E-state index contributed by atoms with van der Waals surface area (Å²) in [5.41, 5.74) is 5.97. The maximum absolute atomic E-state index is 11.8. The van der Waals surface area contributed by atoms with Crippen molar-refractivity contribution in [2.45, 2.75) is 17.9 Å². The fourth-order valence-corrected chi connectivity index (χ4v) is 2.62. The largest absolute Gasteiger partial charge is 0.506 e. The molecule has 0 bridgehead atoms. The number of carboxylic acid groups (broad SMARTS) is 1. The van der Waals surface area contributed by atoms with Gasteiger partial charge in [-0.1, -0.05) is 0 Å². The van der Waals surface area contributed by atoms with E-state index in [4.69, 9.17) is 10.8 Å². The van der Waals surface area contributed by atoms with E-state index < -0.39 is 12.0 Å². The molecule has 1 heterocycles. The Morgan fingerprint density at radius 2 is 2.16 bits per heavy atom. The van der Waals surface area contributed by atoms with Crippen LogP contribution in [0.4, 0.5) is 5.69 Å². The summed E-state index contributed by atoms with van der Waals surface area (Å²) in [6.07, 6.45) is 0. The number of rotatable bonds is 3. The number of aliphatic imine (C=N–C) groups is 1. The van der Waals surface area contributed by atoms with Crippen molar-refractivity contribution in [1.82, 2.24) is 0 Å². The number of nitrogens with zero attached hydrogens (tertiary/aromatic N) is 1. The molecule has 0 amide bonds. The second-order valence-corrected chi connectivity index (χ2v) is 5.16. The van der Waals surface area contributed by atoms with Crippen LogP contribution in [0.5, 0.6) is 5.75 Å². The predicted molar refractivity (Wildman–Crippen MR) is 71.5 cm³/mol. The van der Waals surface area contributed by atoms with Crippen LogP contribution in [0, 0.1) is 0 Å². The molecule has 0 radical (unpaired) electrons. The SMILES string of the molecule is C[C@H](N)C(=O)c1cc(O)c2c(c1)SCC(C(=O)O)=N2. The zero-order chi connectivity index (χ0) is 14.2. The first-order valence-electron chi connectivity index (χ1n) is 5.50.